The fourth-order valence-electron chi connectivity index (χ4n) is 6.18. The molecule has 4 atom stereocenters. The number of rotatable bonds is 7. The maximum atomic E-state index is 15.2. The highest BCUT2D eigenvalue weighted by Crippen LogP contribution is 2.54. The Morgan fingerprint density at radius 1 is 1.18 bits per heavy atom. The summed E-state index contributed by atoms with van der Waals surface area (Å²) >= 11 is 0. The lowest BCUT2D eigenvalue weighted by Crippen LogP contribution is -2.32. The van der Waals surface area contributed by atoms with Gasteiger partial charge < -0.3 is 24.5 Å². The van der Waals surface area contributed by atoms with Gasteiger partial charge in [0.05, 0.1) is 39.3 Å². The molecule has 3 heterocycles. The molecule has 1 aliphatic heterocycles. The Bertz CT molecular complexity index is 2010. The van der Waals surface area contributed by atoms with Crippen molar-refractivity contribution in [3.05, 3.63) is 89.1 Å². The first-order chi connectivity index (χ1) is 21.1. The summed E-state index contributed by atoms with van der Waals surface area (Å²) in [6.07, 6.45) is 5.51. The molecule has 44 heavy (non-hydrogen) atoms. The minimum atomic E-state index is -1.74. The number of halogens is 3. The van der Waals surface area contributed by atoms with Gasteiger partial charge in [0, 0.05) is 46.6 Å². The Hall–Kier alpha value is -4.58. The van der Waals surface area contributed by atoms with E-state index in [4.69, 9.17) is 9.47 Å². The van der Waals surface area contributed by atoms with Crippen LogP contribution in [0, 0.1) is 23.4 Å². The van der Waals surface area contributed by atoms with Crippen molar-refractivity contribution in [2.75, 3.05) is 12.9 Å². The summed E-state index contributed by atoms with van der Waals surface area (Å²) < 4.78 is 69.5. The van der Waals surface area contributed by atoms with Crippen molar-refractivity contribution in [2.45, 2.75) is 36.0 Å². The van der Waals surface area contributed by atoms with Gasteiger partial charge in [0.2, 0.25) is 5.82 Å². The number of aromatic amines is 2. The molecule has 3 aromatic carbocycles. The number of hydrogen-bond acceptors (Lipinski definition) is 5. The third kappa shape index (κ3) is 4.38. The van der Waals surface area contributed by atoms with E-state index in [1.54, 1.807) is 6.20 Å². The predicted octanol–water partition coefficient (Wildman–Crippen LogP) is 6.78. The van der Waals surface area contributed by atoms with E-state index in [0.29, 0.717) is 30.9 Å². The monoisotopic (exact) mass is 621 g/mol. The zero-order chi connectivity index (χ0) is 30.9. The van der Waals surface area contributed by atoms with Gasteiger partial charge in [-0.25, -0.2) is 13.8 Å². The molecule has 7 rings (SSSR count). The van der Waals surface area contributed by atoms with Crippen LogP contribution in [0.3, 0.4) is 0 Å². The normalized spacial score (nSPS) is 21.5. The van der Waals surface area contributed by atoms with Crippen LogP contribution in [0.4, 0.5) is 13.2 Å². The number of nitrogens with one attached hydrogen (secondary N) is 2. The first kappa shape index (κ1) is 28.2. The summed E-state index contributed by atoms with van der Waals surface area (Å²) in [6.45, 7) is 2.42. The van der Waals surface area contributed by atoms with Crippen molar-refractivity contribution in [3.8, 4) is 28.6 Å². The minimum absolute atomic E-state index is 0.0103. The molecular formula is C32H26F3N3O5S. The van der Waals surface area contributed by atoms with Gasteiger partial charge in [0.15, 0.2) is 11.6 Å². The van der Waals surface area contributed by atoms with Crippen molar-refractivity contribution < 1.29 is 36.8 Å². The molecule has 0 radical (unpaired) electrons. The molecule has 3 N–H and O–H groups in total. The number of hydrogen-bond donors (Lipinski definition) is 3. The minimum Gasteiger partial charge on any atom is -0.493 e. The lowest BCUT2D eigenvalue weighted by atomic mass is 9.74. The van der Waals surface area contributed by atoms with E-state index in [1.807, 2.05) is 25.1 Å². The number of aliphatic carboxylic acids is 1. The highest BCUT2D eigenvalue weighted by atomic mass is 32.2. The van der Waals surface area contributed by atoms with Gasteiger partial charge >= 0.3 is 5.97 Å². The van der Waals surface area contributed by atoms with Gasteiger partial charge in [-0.3, -0.25) is 9.00 Å². The average molecular weight is 622 g/mol. The zero-order valence-corrected chi connectivity index (χ0v) is 24.4. The first-order valence-corrected chi connectivity index (χ1v) is 15.5. The van der Waals surface area contributed by atoms with Gasteiger partial charge in [-0.05, 0) is 49.6 Å². The zero-order valence-electron chi connectivity index (χ0n) is 23.5. The van der Waals surface area contributed by atoms with Crippen LogP contribution in [0.15, 0.2) is 59.8 Å². The third-order valence-corrected chi connectivity index (χ3v) is 9.66. The van der Waals surface area contributed by atoms with Gasteiger partial charge in [-0.15, -0.1) is 0 Å². The van der Waals surface area contributed by atoms with E-state index < -0.39 is 51.3 Å². The van der Waals surface area contributed by atoms with Crippen molar-refractivity contribution in [1.82, 2.24) is 15.0 Å². The number of ether oxygens (including phenoxy) is 2. The summed E-state index contributed by atoms with van der Waals surface area (Å²) in [5.41, 5.74) is 1.74. The smallest absolute Gasteiger partial charge is 0.307 e. The number of para-hydroxylation sites is 1. The molecule has 0 bridgehead atoms. The SMILES string of the molecule is CS(=O)c1c(Oc2ccc(F)c(-c3ncc(C4(C)CCOc5c(C6CC6C(=O)O)cccc54)[nH]3)c2)c(F)c(F)c2[nH]ccc12. The number of carbonyl (C=O) groups is 1. The van der Waals surface area contributed by atoms with Crippen LogP contribution in [-0.4, -0.2) is 43.1 Å². The van der Waals surface area contributed by atoms with Gasteiger partial charge in [0.1, 0.15) is 23.1 Å². The highest BCUT2D eigenvalue weighted by Gasteiger charge is 2.47. The Balaban J connectivity index is 1.24. The topological polar surface area (TPSA) is 117 Å². The average Bonchev–Trinajstić information content (AvgIpc) is 3.38. The van der Waals surface area contributed by atoms with Crippen LogP contribution >= 0.6 is 0 Å². The maximum Gasteiger partial charge on any atom is 0.307 e. The molecule has 1 fully saturated rings. The number of nitrogens with zero attached hydrogens (tertiary/aromatic N) is 1. The van der Waals surface area contributed by atoms with E-state index in [9.17, 15) is 18.5 Å². The second kappa shape index (κ2) is 10.3. The quantitative estimate of drug-likeness (QED) is 0.184. The molecule has 226 valence electrons. The molecular weight excluding hydrogens is 595 g/mol. The lowest BCUT2D eigenvalue weighted by molar-refractivity contribution is -0.138. The Labute approximate surface area is 251 Å². The molecule has 1 saturated carbocycles. The van der Waals surface area contributed by atoms with Gasteiger partial charge in [-0.1, -0.05) is 18.2 Å². The van der Waals surface area contributed by atoms with Crippen LogP contribution in [0.2, 0.25) is 0 Å². The van der Waals surface area contributed by atoms with Crippen molar-refractivity contribution in [2.24, 2.45) is 5.92 Å². The number of imidazole rings is 1. The Kier molecular flexibility index (Phi) is 6.58. The van der Waals surface area contributed by atoms with E-state index in [-0.39, 0.29) is 38.9 Å². The van der Waals surface area contributed by atoms with Crippen LogP contribution in [0.1, 0.15) is 42.5 Å². The van der Waals surface area contributed by atoms with E-state index in [1.165, 1.54) is 30.7 Å². The van der Waals surface area contributed by atoms with Crippen molar-refractivity contribution in [3.63, 3.8) is 0 Å². The summed E-state index contributed by atoms with van der Waals surface area (Å²) in [5, 5.41) is 9.67. The van der Waals surface area contributed by atoms with E-state index in [2.05, 4.69) is 15.0 Å². The number of benzene rings is 3. The van der Waals surface area contributed by atoms with Gasteiger partial charge in [-0.2, -0.15) is 4.39 Å². The third-order valence-electron chi connectivity index (χ3n) is 8.68. The number of H-pyrrole nitrogens is 2. The molecule has 4 unspecified atom stereocenters. The molecule has 12 heteroatoms. The summed E-state index contributed by atoms with van der Waals surface area (Å²) in [5.74, 6) is -4.19. The van der Waals surface area contributed by atoms with Crippen LogP contribution in [-0.2, 0) is 21.0 Å². The van der Waals surface area contributed by atoms with Crippen LogP contribution in [0.25, 0.3) is 22.3 Å². The molecule has 0 saturated heterocycles. The number of carboxylic acids is 1. The molecule has 8 nitrogen and oxygen atoms in total. The van der Waals surface area contributed by atoms with Gasteiger partial charge in [0.25, 0.3) is 0 Å². The molecule has 2 aromatic heterocycles. The largest absolute Gasteiger partial charge is 0.493 e. The highest BCUT2D eigenvalue weighted by molar-refractivity contribution is 7.84. The predicted molar refractivity (Wildman–Crippen MR) is 156 cm³/mol. The summed E-state index contributed by atoms with van der Waals surface area (Å²) in [4.78, 5) is 21.8. The second-order valence-corrected chi connectivity index (χ2v) is 12.7. The summed E-state index contributed by atoms with van der Waals surface area (Å²) in [7, 11) is -1.74. The molecule has 2 aliphatic rings. The van der Waals surface area contributed by atoms with Crippen LogP contribution < -0.4 is 9.47 Å². The first-order valence-electron chi connectivity index (χ1n) is 13.9. The van der Waals surface area contributed by atoms with E-state index in [0.717, 1.165) is 17.2 Å². The molecule has 0 spiro atoms. The second-order valence-electron chi connectivity index (χ2n) is 11.3. The maximum absolute atomic E-state index is 15.2. The van der Waals surface area contributed by atoms with E-state index >= 15 is 8.78 Å². The Morgan fingerprint density at radius 2 is 2.00 bits per heavy atom. The number of carboxylic acid groups (broad SMARTS) is 1. The summed E-state index contributed by atoms with van der Waals surface area (Å²) in [6, 6.07) is 10.9. The van der Waals surface area contributed by atoms with Crippen LogP contribution in [0.5, 0.6) is 17.2 Å². The molecule has 5 aromatic rings. The Morgan fingerprint density at radius 3 is 2.75 bits per heavy atom. The number of fused-ring (bicyclic) bond motifs is 2. The van der Waals surface area contributed by atoms with Crippen molar-refractivity contribution in [1.29, 1.82) is 0 Å². The number of aromatic nitrogens is 3. The lowest BCUT2D eigenvalue weighted by Gasteiger charge is -2.36. The van der Waals surface area contributed by atoms with Crippen molar-refractivity contribution >= 4 is 27.7 Å². The molecule has 1 aliphatic carbocycles. The fourth-order valence-corrected chi connectivity index (χ4v) is 7.05. The molecule has 0 amide bonds. The fraction of sp³-hybridized carbons (Fsp3) is 0.250. The standard InChI is InChI=1S/C32H26F3N3O5S/c1-32(9-11-42-27-16(4-3-5-21(27)32)18-13-19(18)31(39)40)23-14-37-30(38-23)20-12-15(6-7-22(20)33)43-28-25(35)24(34)26-17(8-10-36-26)29(28)44(2)41/h3-8,10,12,14,18-19,36H,9,11,13H2,1-2H3,(H,37,38)(H,39,40).